The Morgan fingerprint density at radius 3 is 2.55 bits per heavy atom. The number of ether oxygens (including phenoxy) is 1. The molecule has 10 heteroatoms. The van der Waals surface area contributed by atoms with Gasteiger partial charge in [0.05, 0.1) is 19.3 Å². The van der Waals surface area contributed by atoms with Crippen LogP contribution in [-0.4, -0.2) is 75.4 Å². The first-order valence-electron chi connectivity index (χ1n) is 9.60. The molecule has 1 aliphatic rings. The SMILES string of the molecule is CN(C)c1ccc2cc(C=C(C#N)S(=O)(=O)NC3COC(CO)C(O)C3O)ccc2c1. The fourth-order valence-corrected chi connectivity index (χ4v) is 4.49. The predicted molar refractivity (Wildman–Crippen MR) is 117 cm³/mol. The summed E-state index contributed by atoms with van der Waals surface area (Å²) in [5.41, 5.74) is 1.55. The van der Waals surface area contributed by atoms with Gasteiger partial charge in [0.1, 0.15) is 24.4 Å². The second-order valence-corrected chi connectivity index (χ2v) is 9.25. The number of hydrogen-bond donors (Lipinski definition) is 4. The van der Waals surface area contributed by atoms with E-state index in [0.29, 0.717) is 5.56 Å². The Kier molecular flexibility index (Phi) is 6.96. The summed E-state index contributed by atoms with van der Waals surface area (Å²) in [6.45, 7) is -0.773. The fourth-order valence-electron chi connectivity index (χ4n) is 3.35. The van der Waals surface area contributed by atoms with Crippen LogP contribution in [0.4, 0.5) is 5.69 Å². The van der Waals surface area contributed by atoms with Gasteiger partial charge in [0.2, 0.25) is 0 Å². The number of sulfonamides is 1. The van der Waals surface area contributed by atoms with E-state index >= 15 is 0 Å². The molecule has 1 aliphatic heterocycles. The Labute approximate surface area is 180 Å². The molecule has 0 spiro atoms. The quantitative estimate of drug-likeness (QED) is 0.459. The number of hydrogen-bond acceptors (Lipinski definition) is 8. The highest BCUT2D eigenvalue weighted by Gasteiger charge is 2.40. The van der Waals surface area contributed by atoms with E-state index in [1.54, 1.807) is 18.2 Å². The number of benzene rings is 2. The molecule has 0 saturated carbocycles. The third-order valence-corrected chi connectivity index (χ3v) is 6.58. The molecule has 3 rings (SSSR count). The molecule has 0 aliphatic carbocycles. The van der Waals surface area contributed by atoms with Crippen molar-refractivity contribution in [3.8, 4) is 6.07 Å². The lowest BCUT2D eigenvalue weighted by molar-refractivity contribution is -0.158. The van der Waals surface area contributed by atoms with Crippen molar-refractivity contribution in [3.63, 3.8) is 0 Å². The molecule has 0 radical (unpaired) electrons. The number of rotatable bonds is 6. The van der Waals surface area contributed by atoms with Gasteiger partial charge in [-0.05, 0) is 40.6 Å². The van der Waals surface area contributed by atoms with Crippen LogP contribution in [0.5, 0.6) is 0 Å². The van der Waals surface area contributed by atoms with E-state index in [1.165, 1.54) is 6.08 Å². The van der Waals surface area contributed by atoms with Gasteiger partial charge >= 0.3 is 0 Å². The molecule has 0 amide bonds. The number of allylic oxidation sites excluding steroid dienone is 1. The van der Waals surface area contributed by atoms with E-state index in [4.69, 9.17) is 9.84 Å². The second kappa shape index (κ2) is 9.32. The molecule has 31 heavy (non-hydrogen) atoms. The lowest BCUT2D eigenvalue weighted by Gasteiger charge is -2.36. The number of nitrogens with one attached hydrogen (secondary N) is 1. The predicted octanol–water partition coefficient (Wildman–Crippen LogP) is 0.171. The molecule has 1 fully saturated rings. The van der Waals surface area contributed by atoms with Crippen LogP contribution in [-0.2, 0) is 14.8 Å². The Morgan fingerprint density at radius 2 is 1.90 bits per heavy atom. The molecule has 0 bridgehead atoms. The Morgan fingerprint density at radius 1 is 1.23 bits per heavy atom. The van der Waals surface area contributed by atoms with Crippen LogP contribution in [0, 0.1) is 11.3 Å². The van der Waals surface area contributed by atoms with Gasteiger partial charge in [0.15, 0.2) is 4.91 Å². The average Bonchev–Trinajstić information content (AvgIpc) is 2.74. The minimum Gasteiger partial charge on any atom is -0.394 e. The fraction of sp³-hybridized carbons (Fsp3) is 0.381. The van der Waals surface area contributed by atoms with E-state index < -0.39 is 45.9 Å². The lowest BCUT2D eigenvalue weighted by Crippen LogP contribution is -2.59. The van der Waals surface area contributed by atoms with Crippen molar-refractivity contribution in [1.82, 2.24) is 4.72 Å². The van der Waals surface area contributed by atoms with E-state index in [9.17, 15) is 23.9 Å². The third-order valence-electron chi connectivity index (χ3n) is 5.18. The molecule has 4 N–H and O–H groups in total. The number of fused-ring (bicyclic) bond motifs is 1. The van der Waals surface area contributed by atoms with Crippen LogP contribution in [0.2, 0.25) is 0 Å². The average molecular weight is 448 g/mol. The first-order valence-corrected chi connectivity index (χ1v) is 11.1. The molecule has 2 aromatic rings. The van der Waals surface area contributed by atoms with Crippen LogP contribution in [0.15, 0.2) is 41.3 Å². The summed E-state index contributed by atoms with van der Waals surface area (Å²) in [6.07, 6.45) is -2.72. The summed E-state index contributed by atoms with van der Waals surface area (Å²) in [7, 11) is -0.418. The van der Waals surface area contributed by atoms with Gasteiger partial charge < -0.3 is 25.0 Å². The molecular formula is C21H25N3O6S. The van der Waals surface area contributed by atoms with Crippen LogP contribution < -0.4 is 9.62 Å². The zero-order valence-electron chi connectivity index (χ0n) is 17.1. The van der Waals surface area contributed by atoms with Crippen molar-refractivity contribution in [3.05, 3.63) is 46.9 Å². The standard InChI is InChI=1S/C21H25N3O6S/c1-24(2)16-6-5-14-7-13(3-4-15(14)9-16)8-17(10-22)31(28,29)23-18-12-30-19(11-25)21(27)20(18)26/h3-9,18-21,23,25-27H,11-12H2,1-2H3. The highest BCUT2D eigenvalue weighted by Crippen LogP contribution is 2.24. The van der Waals surface area contributed by atoms with Gasteiger partial charge in [-0.1, -0.05) is 18.2 Å². The van der Waals surface area contributed by atoms with E-state index in [0.717, 1.165) is 16.5 Å². The van der Waals surface area contributed by atoms with E-state index in [1.807, 2.05) is 43.3 Å². The molecule has 4 atom stereocenters. The maximum atomic E-state index is 12.7. The van der Waals surface area contributed by atoms with E-state index in [-0.39, 0.29) is 6.61 Å². The number of nitrogens with zero attached hydrogens (tertiary/aromatic N) is 2. The van der Waals surface area contributed by atoms with Crippen LogP contribution in [0.1, 0.15) is 5.56 Å². The van der Waals surface area contributed by atoms with Gasteiger partial charge in [0.25, 0.3) is 10.0 Å². The number of aliphatic hydroxyl groups is 3. The van der Waals surface area contributed by atoms with Crippen molar-refractivity contribution in [2.75, 3.05) is 32.2 Å². The highest BCUT2D eigenvalue weighted by molar-refractivity contribution is 7.93. The van der Waals surface area contributed by atoms with E-state index in [2.05, 4.69) is 4.72 Å². The zero-order chi connectivity index (χ0) is 22.8. The maximum absolute atomic E-state index is 12.7. The summed E-state index contributed by atoms with van der Waals surface area (Å²) in [5.74, 6) is 0. The molecule has 9 nitrogen and oxygen atoms in total. The number of anilines is 1. The summed E-state index contributed by atoms with van der Waals surface area (Å²) in [6, 6.07) is 11.7. The van der Waals surface area contributed by atoms with Gasteiger partial charge in [-0.2, -0.15) is 5.26 Å². The first kappa shape index (κ1) is 23.1. The number of aliphatic hydroxyl groups excluding tert-OH is 3. The van der Waals surface area contributed by atoms with Crippen molar-refractivity contribution in [2.45, 2.75) is 24.4 Å². The largest absolute Gasteiger partial charge is 0.394 e. The molecule has 166 valence electrons. The minimum absolute atomic E-state index is 0.258. The van der Waals surface area contributed by atoms with Gasteiger partial charge in [0, 0.05) is 19.8 Å². The summed E-state index contributed by atoms with van der Waals surface area (Å²) in [4.78, 5) is 1.44. The van der Waals surface area contributed by atoms with Crippen molar-refractivity contribution < 1.29 is 28.5 Å². The summed E-state index contributed by atoms with van der Waals surface area (Å²) < 4.78 is 32.8. The zero-order valence-corrected chi connectivity index (χ0v) is 18.0. The van der Waals surface area contributed by atoms with Gasteiger partial charge in [-0.3, -0.25) is 0 Å². The van der Waals surface area contributed by atoms with Crippen LogP contribution in [0.3, 0.4) is 0 Å². The first-order chi connectivity index (χ1) is 14.7. The van der Waals surface area contributed by atoms with Crippen molar-refractivity contribution >= 4 is 32.6 Å². The lowest BCUT2D eigenvalue weighted by atomic mass is 9.99. The van der Waals surface area contributed by atoms with Gasteiger partial charge in [-0.15, -0.1) is 0 Å². The molecule has 2 aromatic carbocycles. The Hall–Kier alpha value is -2.52. The highest BCUT2D eigenvalue weighted by atomic mass is 32.2. The second-order valence-electron chi connectivity index (χ2n) is 7.57. The van der Waals surface area contributed by atoms with Crippen molar-refractivity contribution in [1.29, 1.82) is 5.26 Å². The summed E-state index contributed by atoms with van der Waals surface area (Å²) >= 11 is 0. The van der Waals surface area contributed by atoms with Crippen molar-refractivity contribution in [2.24, 2.45) is 0 Å². The monoisotopic (exact) mass is 447 g/mol. The Bertz CT molecular complexity index is 1130. The molecular weight excluding hydrogens is 422 g/mol. The molecule has 1 saturated heterocycles. The van der Waals surface area contributed by atoms with Crippen LogP contribution >= 0.6 is 0 Å². The normalized spacial score (nSPS) is 24.7. The number of nitriles is 1. The van der Waals surface area contributed by atoms with Gasteiger partial charge in [-0.25, -0.2) is 13.1 Å². The topological polar surface area (TPSA) is 143 Å². The summed E-state index contributed by atoms with van der Waals surface area (Å²) in [5, 5.41) is 40.5. The molecule has 4 unspecified atom stereocenters. The minimum atomic E-state index is -4.29. The smallest absolute Gasteiger partial charge is 0.251 e. The molecule has 0 aromatic heterocycles. The van der Waals surface area contributed by atoms with Crippen LogP contribution in [0.25, 0.3) is 16.8 Å². The Balaban J connectivity index is 1.85. The molecule has 1 heterocycles. The maximum Gasteiger partial charge on any atom is 0.251 e. The third kappa shape index (κ3) is 5.04.